The number of hydrogen-bond donors (Lipinski definition) is 4. The molecule has 2 aromatic rings. The Morgan fingerprint density at radius 2 is 2.30 bits per heavy atom. The first-order chi connectivity index (χ1) is 11.1. The number of hydrogen-bond acceptors (Lipinski definition) is 9. The molecular formula is C14H16N2O5S2. The summed E-state index contributed by atoms with van der Waals surface area (Å²) in [7, 11) is 0. The van der Waals surface area contributed by atoms with Crippen LogP contribution in [0.2, 0.25) is 0 Å². The summed E-state index contributed by atoms with van der Waals surface area (Å²) in [6.45, 7) is -0.393. The van der Waals surface area contributed by atoms with Gasteiger partial charge in [-0.15, -0.1) is 0 Å². The fraction of sp³-hybridized carbons (Fsp3) is 0.429. The Morgan fingerprint density at radius 1 is 1.48 bits per heavy atom. The van der Waals surface area contributed by atoms with Crippen LogP contribution < -0.4 is 5.32 Å². The van der Waals surface area contributed by atoms with Crippen molar-refractivity contribution in [3.63, 3.8) is 0 Å². The van der Waals surface area contributed by atoms with E-state index >= 15 is 0 Å². The summed E-state index contributed by atoms with van der Waals surface area (Å²) < 4.78 is 5.48. The van der Waals surface area contributed by atoms with Gasteiger partial charge in [-0.1, -0.05) is 11.3 Å². The first kappa shape index (κ1) is 16.5. The summed E-state index contributed by atoms with van der Waals surface area (Å²) in [5.74, 6) is -0.0925. The second-order valence-electron chi connectivity index (χ2n) is 5.15. The molecule has 1 aliphatic heterocycles. The third kappa shape index (κ3) is 3.60. The molecular weight excluding hydrogens is 340 g/mol. The van der Waals surface area contributed by atoms with Crippen molar-refractivity contribution in [2.75, 3.05) is 11.9 Å². The van der Waals surface area contributed by atoms with Crippen molar-refractivity contribution in [3.05, 3.63) is 33.5 Å². The van der Waals surface area contributed by atoms with Crippen LogP contribution in [0, 0.1) is 0 Å². The number of aromatic nitrogens is 1. The Labute approximate surface area is 140 Å². The summed E-state index contributed by atoms with van der Waals surface area (Å²) in [4.78, 5) is 16.9. The van der Waals surface area contributed by atoms with Crippen molar-refractivity contribution in [1.82, 2.24) is 4.98 Å². The van der Waals surface area contributed by atoms with E-state index in [1.165, 1.54) is 28.9 Å². The number of carbonyl (C=O) groups is 1. The summed E-state index contributed by atoms with van der Waals surface area (Å²) in [5.41, 5.74) is 0.623. The van der Waals surface area contributed by atoms with E-state index in [4.69, 9.17) is 9.84 Å². The number of rotatable bonds is 5. The lowest BCUT2D eigenvalue weighted by Gasteiger charge is -2.36. The van der Waals surface area contributed by atoms with Gasteiger partial charge in [-0.2, -0.15) is 11.3 Å². The Morgan fingerprint density at radius 3 is 3.00 bits per heavy atom. The molecule has 4 atom stereocenters. The van der Waals surface area contributed by atoms with Crippen molar-refractivity contribution in [3.8, 4) is 0 Å². The molecule has 23 heavy (non-hydrogen) atoms. The molecule has 4 N–H and O–H groups in total. The van der Waals surface area contributed by atoms with Gasteiger partial charge in [0, 0.05) is 17.4 Å². The van der Waals surface area contributed by atoms with Gasteiger partial charge in [-0.3, -0.25) is 4.79 Å². The number of aliphatic hydroxyl groups excluding tert-OH is 3. The maximum Gasteiger partial charge on any atom is 0.205 e. The van der Waals surface area contributed by atoms with Gasteiger partial charge in [0.2, 0.25) is 5.78 Å². The minimum atomic E-state index is -1.12. The van der Waals surface area contributed by atoms with E-state index in [2.05, 4.69) is 10.3 Å². The molecule has 0 bridgehead atoms. The Balaban J connectivity index is 1.66. The first-order valence-electron chi connectivity index (χ1n) is 7.00. The number of ketones is 1. The van der Waals surface area contributed by atoms with Gasteiger partial charge >= 0.3 is 0 Å². The van der Waals surface area contributed by atoms with Crippen molar-refractivity contribution in [1.29, 1.82) is 0 Å². The number of thiazole rings is 1. The molecule has 124 valence electrons. The molecule has 0 saturated carbocycles. The number of ether oxygens (including phenoxy) is 1. The zero-order valence-electron chi connectivity index (χ0n) is 12.0. The second kappa shape index (κ2) is 7.04. The third-order valence-corrected chi connectivity index (χ3v) is 5.16. The van der Waals surface area contributed by atoms with Gasteiger partial charge in [0.05, 0.1) is 23.8 Å². The van der Waals surface area contributed by atoms with E-state index < -0.39 is 31.1 Å². The van der Waals surface area contributed by atoms with Crippen LogP contribution in [0.1, 0.15) is 21.7 Å². The largest absolute Gasteiger partial charge is 0.394 e. The van der Waals surface area contributed by atoms with Crippen molar-refractivity contribution in [2.24, 2.45) is 0 Å². The Bertz CT molecular complexity index is 660. The lowest BCUT2D eigenvalue weighted by molar-refractivity contribution is -0.172. The highest BCUT2D eigenvalue weighted by atomic mass is 32.1. The van der Waals surface area contributed by atoms with E-state index in [1.807, 2.05) is 5.38 Å². The summed E-state index contributed by atoms with van der Waals surface area (Å²) in [6.07, 6.45) is -1.92. The van der Waals surface area contributed by atoms with E-state index in [1.54, 1.807) is 11.4 Å². The third-order valence-electron chi connectivity index (χ3n) is 3.55. The molecule has 2 unspecified atom stereocenters. The predicted octanol–water partition coefficient (Wildman–Crippen LogP) is 0.677. The summed E-state index contributed by atoms with van der Waals surface area (Å²) in [5, 5.41) is 35.7. The highest BCUT2D eigenvalue weighted by Gasteiger charge is 2.36. The lowest BCUT2D eigenvalue weighted by atomic mass is 10.0. The number of carbonyl (C=O) groups excluding carboxylic acids is 1. The fourth-order valence-corrected chi connectivity index (χ4v) is 3.77. The van der Waals surface area contributed by atoms with E-state index in [-0.39, 0.29) is 12.2 Å². The number of nitrogens with zero attached hydrogens (tertiary/aromatic N) is 1. The van der Waals surface area contributed by atoms with Crippen LogP contribution in [-0.4, -0.2) is 57.2 Å². The fourth-order valence-electron chi connectivity index (χ4n) is 2.32. The van der Waals surface area contributed by atoms with Crippen LogP contribution in [0.4, 0.5) is 5.13 Å². The van der Waals surface area contributed by atoms with Crippen LogP contribution in [0.3, 0.4) is 0 Å². The van der Waals surface area contributed by atoms with E-state index in [0.717, 1.165) is 0 Å². The van der Waals surface area contributed by atoms with Gasteiger partial charge in [0.15, 0.2) is 5.13 Å². The lowest BCUT2D eigenvalue weighted by Crippen LogP contribution is -2.51. The molecule has 7 nitrogen and oxygen atoms in total. The molecule has 1 aliphatic rings. The number of nitrogens with one attached hydrogen (secondary N) is 1. The molecule has 3 rings (SSSR count). The molecule has 0 radical (unpaired) electrons. The monoisotopic (exact) mass is 356 g/mol. The summed E-state index contributed by atoms with van der Waals surface area (Å²) >= 11 is 2.64. The zero-order valence-corrected chi connectivity index (χ0v) is 13.6. The molecule has 1 saturated heterocycles. The molecule has 2 aromatic heterocycles. The van der Waals surface area contributed by atoms with Gasteiger partial charge in [-0.05, 0) is 11.4 Å². The quantitative estimate of drug-likeness (QED) is 0.583. The highest BCUT2D eigenvalue weighted by molar-refractivity contribution is 7.17. The van der Waals surface area contributed by atoms with Crippen molar-refractivity contribution < 1.29 is 24.9 Å². The topological polar surface area (TPSA) is 112 Å². The number of anilines is 1. The minimum absolute atomic E-state index is 0.0925. The molecule has 0 aromatic carbocycles. The maximum atomic E-state index is 12.2. The van der Waals surface area contributed by atoms with Crippen molar-refractivity contribution in [2.45, 2.75) is 31.0 Å². The smallest absolute Gasteiger partial charge is 0.205 e. The SMILES string of the molecule is O=C(c1ccsc1)c1cnc(N[C@@H]2C[C@@H](O)C(O)C(CO)O2)s1. The van der Waals surface area contributed by atoms with E-state index in [9.17, 15) is 15.0 Å². The second-order valence-corrected chi connectivity index (χ2v) is 6.97. The van der Waals surface area contributed by atoms with Gasteiger partial charge < -0.3 is 25.4 Å². The standard InChI is InChI=1S/C14H16N2O5S2/c17-5-9-13(20)8(18)3-11(21-9)16-14-15-4-10(23-14)12(19)7-1-2-22-6-7/h1-2,4,6,8-9,11,13,17-18,20H,3,5H2,(H,15,16)/t8-,9?,11+,13?/m1/s1. The average Bonchev–Trinajstić information content (AvgIpc) is 3.21. The van der Waals surface area contributed by atoms with Gasteiger partial charge in [0.25, 0.3) is 0 Å². The Hall–Kier alpha value is -1.36. The molecule has 0 aliphatic carbocycles. The first-order valence-corrected chi connectivity index (χ1v) is 8.76. The van der Waals surface area contributed by atoms with Crippen LogP contribution in [0.5, 0.6) is 0 Å². The maximum absolute atomic E-state index is 12.2. The van der Waals surface area contributed by atoms with Crippen LogP contribution in [0.15, 0.2) is 23.0 Å². The Kier molecular flexibility index (Phi) is 5.05. The highest BCUT2D eigenvalue weighted by Crippen LogP contribution is 2.26. The molecule has 1 fully saturated rings. The van der Waals surface area contributed by atoms with Gasteiger partial charge in [-0.25, -0.2) is 4.98 Å². The van der Waals surface area contributed by atoms with Crippen LogP contribution in [-0.2, 0) is 4.74 Å². The summed E-state index contributed by atoms with van der Waals surface area (Å²) in [6, 6.07) is 1.76. The van der Waals surface area contributed by atoms with E-state index in [0.29, 0.717) is 15.6 Å². The minimum Gasteiger partial charge on any atom is -0.394 e. The number of thiophene rings is 1. The normalized spacial score (nSPS) is 27.8. The van der Waals surface area contributed by atoms with Gasteiger partial charge in [0.1, 0.15) is 18.4 Å². The molecule has 0 spiro atoms. The zero-order chi connectivity index (χ0) is 16.4. The molecule has 0 amide bonds. The predicted molar refractivity (Wildman–Crippen MR) is 85.9 cm³/mol. The molecule has 9 heteroatoms. The van der Waals surface area contributed by atoms with Crippen LogP contribution >= 0.6 is 22.7 Å². The average molecular weight is 356 g/mol. The van der Waals surface area contributed by atoms with Crippen molar-refractivity contribution >= 4 is 33.6 Å². The van der Waals surface area contributed by atoms with Crippen LogP contribution in [0.25, 0.3) is 0 Å². The molecule has 3 heterocycles. The number of aliphatic hydroxyl groups is 3.